The van der Waals surface area contributed by atoms with Gasteiger partial charge in [-0.15, -0.1) is 0 Å². The van der Waals surface area contributed by atoms with E-state index in [2.05, 4.69) is 254 Å². The molecule has 0 bridgehead atoms. The second kappa shape index (κ2) is 16.4. The van der Waals surface area contributed by atoms with Crippen molar-refractivity contribution in [1.82, 2.24) is 0 Å². The first kappa shape index (κ1) is 36.2. The van der Waals surface area contributed by atoms with Gasteiger partial charge in [-0.3, -0.25) is 0 Å². The summed E-state index contributed by atoms with van der Waals surface area (Å²) in [5.41, 5.74) is 16.5. The maximum Gasteiger partial charge on any atom is 0.0540 e. The molecular weight excluding hydrogens is 701 g/mol. The fourth-order valence-corrected chi connectivity index (χ4v) is 7.88. The zero-order chi connectivity index (χ0) is 39.3. The van der Waals surface area contributed by atoms with Crippen LogP contribution in [-0.2, 0) is 0 Å². The Kier molecular flexibility index (Phi) is 10.2. The van der Waals surface area contributed by atoms with Crippen LogP contribution in [0.15, 0.2) is 218 Å². The summed E-state index contributed by atoms with van der Waals surface area (Å²) >= 11 is 0. The molecule has 9 rings (SSSR count). The highest BCUT2D eigenvalue weighted by atomic mass is 15.1. The lowest BCUT2D eigenvalue weighted by Crippen LogP contribution is -2.11. The molecule has 0 atom stereocenters. The van der Waals surface area contributed by atoms with Crippen LogP contribution in [0.2, 0.25) is 0 Å². The SMILES string of the molecule is Cc1cc(C)cc(N(c2ccc(-c3ccc(/C=C/c4ccc(-c5ccc(N(c6ccccc6)c6ccccc6)cc5)cc4)cc3)cc2)c2cccc3ccccc23)c1. The number of aryl methyl sites for hydroxylation is 2. The molecule has 0 saturated heterocycles. The highest BCUT2D eigenvalue weighted by Crippen LogP contribution is 2.40. The Morgan fingerprint density at radius 3 is 1.21 bits per heavy atom. The lowest BCUT2D eigenvalue weighted by Gasteiger charge is -2.27. The molecule has 58 heavy (non-hydrogen) atoms. The first-order valence-electron chi connectivity index (χ1n) is 19.9. The summed E-state index contributed by atoms with van der Waals surface area (Å²) in [7, 11) is 0. The Morgan fingerprint density at radius 2 is 0.707 bits per heavy atom. The van der Waals surface area contributed by atoms with E-state index >= 15 is 0 Å². The Bertz CT molecular complexity index is 2740. The minimum atomic E-state index is 1.13. The van der Waals surface area contributed by atoms with Gasteiger partial charge in [0, 0.05) is 33.8 Å². The summed E-state index contributed by atoms with van der Waals surface area (Å²) in [5, 5.41) is 2.46. The highest BCUT2D eigenvalue weighted by molar-refractivity contribution is 5.99. The molecule has 0 aliphatic carbocycles. The Morgan fingerprint density at radius 1 is 0.310 bits per heavy atom. The predicted molar refractivity (Wildman–Crippen MR) is 249 cm³/mol. The second-order valence-electron chi connectivity index (χ2n) is 14.9. The fourth-order valence-electron chi connectivity index (χ4n) is 7.88. The van der Waals surface area contributed by atoms with E-state index in [1.807, 2.05) is 0 Å². The van der Waals surface area contributed by atoms with Crippen LogP contribution in [0.5, 0.6) is 0 Å². The number of hydrogen-bond acceptors (Lipinski definition) is 2. The normalized spacial score (nSPS) is 11.2. The molecule has 278 valence electrons. The smallest absolute Gasteiger partial charge is 0.0540 e. The largest absolute Gasteiger partial charge is 0.311 e. The van der Waals surface area contributed by atoms with Crippen LogP contribution in [0.4, 0.5) is 34.1 Å². The molecular formula is C56H44N2. The van der Waals surface area contributed by atoms with E-state index in [0.717, 1.165) is 28.4 Å². The first-order chi connectivity index (χ1) is 28.6. The van der Waals surface area contributed by atoms with E-state index in [1.165, 1.54) is 61.0 Å². The highest BCUT2D eigenvalue weighted by Gasteiger charge is 2.16. The van der Waals surface area contributed by atoms with Crippen molar-refractivity contribution in [2.24, 2.45) is 0 Å². The van der Waals surface area contributed by atoms with E-state index in [4.69, 9.17) is 0 Å². The standard InChI is InChI=1S/C56H44N2/c1-41-38-42(2)40-54(39-41)58(56-19-11-13-49-12-9-10-18-55(49)56)53-36-32-48(33-37-53)46-28-24-44(25-29-46)21-20-43-22-26-45(27-23-43)47-30-34-52(35-31-47)57(50-14-5-3-6-15-50)51-16-7-4-8-17-51/h3-40H,1-2H3/b21-20+. The Balaban J connectivity index is 0.899. The molecule has 0 aliphatic heterocycles. The first-order valence-corrected chi connectivity index (χ1v) is 19.9. The molecule has 0 amide bonds. The maximum atomic E-state index is 2.38. The average molecular weight is 745 g/mol. The van der Waals surface area contributed by atoms with Crippen LogP contribution >= 0.6 is 0 Å². The van der Waals surface area contributed by atoms with Crippen LogP contribution in [0, 0.1) is 13.8 Å². The molecule has 0 radical (unpaired) electrons. The third-order valence-electron chi connectivity index (χ3n) is 10.7. The Labute approximate surface area is 342 Å². The van der Waals surface area contributed by atoms with Crippen molar-refractivity contribution in [3.63, 3.8) is 0 Å². The van der Waals surface area contributed by atoms with E-state index < -0.39 is 0 Å². The third-order valence-corrected chi connectivity index (χ3v) is 10.7. The van der Waals surface area contributed by atoms with Crippen LogP contribution in [0.25, 0.3) is 45.2 Å². The molecule has 0 heterocycles. The monoisotopic (exact) mass is 744 g/mol. The molecule has 2 heteroatoms. The summed E-state index contributed by atoms with van der Waals surface area (Å²) in [6, 6.07) is 78.4. The third kappa shape index (κ3) is 7.82. The van der Waals surface area contributed by atoms with E-state index in [-0.39, 0.29) is 0 Å². The van der Waals surface area contributed by atoms with Crippen molar-refractivity contribution in [2.75, 3.05) is 9.80 Å². The molecule has 0 N–H and O–H groups in total. The second-order valence-corrected chi connectivity index (χ2v) is 14.9. The number of anilines is 6. The molecule has 9 aromatic carbocycles. The van der Waals surface area contributed by atoms with Crippen molar-refractivity contribution in [3.8, 4) is 22.3 Å². The molecule has 0 unspecified atom stereocenters. The topological polar surface area (TPSA) is 6.48 Å². The van der Waals surface area contributed by atoms with Crippen LogP contribution in [0.3, 0.4) is 0 Å². The molecule has 0 spiro atoms. The lowest BCUT2D eigenvalue weighted by molar-refractivity contribution is 1.26. The lowest BCUT2D eigenvalue weighted by atomic mass is 10.0. The van der Waals surface area contributed by atoms with Gasteiger partial charge in [-0.2, -0.15) is 0 Å². The maximum absolute atomic E-state index is 2.38. The van der Waals surface area contributed by atoms with Gasteiger partial charge in [-0.1, -0.05) is 164 Å². The van der Waals surface area contributed by atoms with Gasteiger partial charge in [-0.25, -0.2) is 0 Å². The van der Waals surface area contributed by atoms with Gasteiger partial charge in [0.25, 0.3) is 0 Å². The summed E-state index contributed by atoms with van der Waals surface area (Å²) < 4.78 is 0. The molecule has 0 saturated carbocycles. The van der Waals surface area contributed by atoms with Gasteiger partial charge in [0.1, 0.15) is 0 Å². The predicted octanol–water partition coefficient (Wildman–Crippen LogP) is 15.9. The van der Waals surface area contributed by atoms with Crippen LogP contribution < -0.4 is 9.80 Å². The van der Waals surface area contributed by atoms with E-state index in [1.54, 1.807) is 0 Å². The fraction of sp³-hybridized carbons (Fsp3) is 0.0357. The molecule has 0 fully saturated rings. The zero-order valence-corrected chi connectivity index (χ0v) is 32.8. The van der Waals surface area contributed by atoms with Gasteiger partial charge in [0.15, 0.2) is 0 Å². The molecule has 2 nitrogen and oxygen atoms in total. The van der Waals surface area contributed by atoms with Gasteiger partial charge < -0.3 is 9.80 Å². The molecule has 0 aliphatic rings. The number of fused-ring (bicyclic) bond motifs is 1. The van der Waals surface area contributed by atoms with Gasteiger partial charge in [-0.05, 0) is 130 Å². The van der Waals surface area contributed by atoms with E-state index in [0.29, 0.717) is 0 Å². The number of nitrogens with zero attached hydrogens (tertiary/aromatic N) is 2. The van der Waals surface area contributed by atoms with Gasteiger partial charge in [0.05, 0.1) is 5.69 Å². The van der Waals surface area contributed by atoms with Crippen molar-refractivity contribution in [2.45, 2.75) is 13.8 Å². The van der Waals surface area contributed by atoms with Crippen molar-refractivity contribution >= 4 is 57.0 Å². The quantitative estimate of drug-likeness (QED) is 0.129. The number of hydrogen-bond donors (Lipinski definition) is 0. The Hall–Kier alpha value is -7.42. The molecule has 9 aromatic rings. The van der Waals surface area contributed by atoms with Gasteiger partial charge in [0.2, 0.25) is 0 Å². The summed E-state index contributed by atoms with van der Waals surface area (Å²) in [5.74, 6) is 0. The van der Waals surface area contributed by atoms with Crippen LogP contribution in [0.1, 0.15) is 22.3 Å². The van der Waals surface area contributed by atoms with Crippen molar-refractivity contribution in [3.05, 3.63) is 241 Å². The van der Waals surface area contributed by atoms with Crippen LogP contribution in [-0.4, -0.2) is 0 Å². The average Bonchev–Trinajstić information content (AvgIpc) is 3.27. The van der Waals surface area contributed by atoms with Crippen molar-refractivity contribution in [1.29, 1.82) is 0 Å². The minimum Gasteiger partial charge on any atom is -0.311 e. The van der Waals surface area contributed by atoms with E-state index in [9.17, 15) is 0 Å². The number of benzene rings is 9. The summed E-state index contributed by atoms with van der Waals surface area (Å²) in [6.45, 7) is 4.34. The summed E-state index contributed by atoms with van der Waals surface area (Å²) in [4.78, 5) is 4.67. The van der Waals surface area contributed by atoms with Crippen molar-refractivity contribution < 1.29 is 0 Å². The molecule has 0 aromatic heterocycles. The van der Waals surface area contributed by atoms with Gasteiger partial charge >= 0.3 is 0 Å². The number of para-hydroxylation sites is 2. The number of rotatable bonds is 10. The summed E-state index contributed by atoms with van der Waals surface area (Å²) in [6.07, 6.45) is 4.37. The minimum absolute atomic E-state index is 1.13. The zero-order valence-electron chi connectivity index (χ0n) is 32.8.